The first kappa shape index (κ1) is 88.0. The normalized spacial score (nSPS) is 15.2. The third kappa shape index (κ3) is 13.7. The molecule has 143 heavy (non-hydrogen) atoms. The number of benzene rings is 20. The average molecular weight is 1850 g/mol. The van der Waals surface area contributed by atoms with Crippen LogP contribution in [0.2, 0.25) is 0 Å². The fraction of sp³-hybridized carbons (Fsp3) is 0.156. The minimum Gasteiger partial charge on any atom is -0.456 e. The number of para-hydroxylation sites is 2. The van der Waals surface area contributed by atoms with Crippen molar-refractivity contribution in [1.29, 1.82) is 0 Å². The van der Waals surface area contributed by atoms with Crippen molar-refractivity contribution in [3.8, 4) is 113 Å². The van der Waals surface area contributed by atoms with E-state index in [-0.39, 0.29) is 37.9 Å². The Morgan fingerprint density at radius 3 is 1.02 bits per heavy atom. The maximum Gasteiger partial charge on any atom is 0.164 e. The van der Waals surface area contributed by atoms with Crippen LogP contribution >= 0.6 is 0 Å². The van der Waals surface area contributed by atoms with Gasteiger partial charge in [0.15, 0.2) is 34.9 Å². The van der Waals surface area contributed by atoms with Crippen molar-refractivity contribution in [3.05, 3.63) is 451 Å². The Morgan fingerprint density at radius 2 is 0.503 bits per heavy atom. The molecule has 0 fully saturated rings. The van der Waals surface area contributed by atoms with E-state index in [2.05, 4.69) is 399 Å². The molecule has 0 atom stereocenters. The third-order valence-electron chi connectivity index (χ3n) is 33.9. The summed E-state index contributed by atoms with van der Waals surface area (Å²) < 4.78 is 6.26. The van der Waals surface area contributed by atoms with Crippen LogP contribution in [-0.2, 0) is 37.9 Å². The zero-order valence-electron chi connectivity index (χ0n) is 83.2. The first-order valence-corrected chi connectivity index (χ1v) is 50.2. The highest BCUT2D eigenvalue weighted by atomic mass is 16.3. The van der Waals surface area contributed by atoms with Crippen molar-refractivity contribution in [2.24, 2.45) is 0 Å². The van der Waals surface area contributed by atoms with Crippen LogP contribution < -0.4 is 4.90 Å². The van der Waals surface area contributed by atoms with Crippen LogP contribution in [0.5, 0.6) is 0 Å². The van der Waals surface area contributed by atoms with E-state index >= 15 is 0 Å². The van der Waals surface area contributed by atoms with E-state index in [9.17, 15) is 0 Å². The molecule has 0 N–H and O–H groups in total. The summed E-state index contributed by atoms with van der Waals surface area (Å²) in [5, 5.41) is 17.1. The zero-order valence-corrected chi connectivity index (χ0v) is 83.2. The topological polar surface area (TPSA) is 93.7 Å². The predicted molar refractivity (Wildman–Crippen MR) is 598 cm³/mol. The number of anilines is 3. The molecule has 27 rings (SSSR count). The largest absolute Gasteiger partial charge is 0.456 e. The maximum absolute atomic E-state index is 6.26. The van der Waals surface area contributed by atoms with Crippen molar-refractivity contribution < 1.29 is 4.42 Å². The Morgan fingerprint density at radius 1 is 0.182 bits per heavy atom. The number of furan rings is 1. The van der Waals surface area contributed by atoms with Crippen LogP contribution in [0.1, 0.15) is 141 Å². The van der Waals surface area contributed by atoms with Gasteiger partial charge in [-0.2, -0.15) is 0 Å². The van der Waals surface area contributed by atoms with Crippen LogP contribution in [0.25, 0.3) is 199 Å². The summed E-state index contributed by atoms with van der Waals surface area (Å²) in [5.74, 6) is 3.90. The van der Waals surface area contributed by atoms with E-state index in [1.165, 1.54) is 154 Å². The summed E-state index contributed by atoms with van der Waals surface area (Å²) >= 11 is 0. The first-order valence-electron chi connectivity index (χ1n) is 50.2. The molecule has 0 unspecified atom stereocenters. The van der Waals surface area contributed by atoms with Crippen molar-refractivity contribution in [1.82, 2.24) is 29.9 Å². The molecule has 0 spiro atoms. The molecule has 3 aromatic heterocycles. The predicted octanol–water partition coefficient (Wildman–Crippen LogP) is 35.7. The Balaban J connectivity index is 0.000000113. The van der Waals surface area contributed by atoms with E-state index in [0.29, 0.717) is 34.9 Å². The van der Waals surface area contributed by atoms with Gasteiger partial charge in [0.05, 0.1) is 0 Å². The molecule has 0 amide bonds. The summed E-state index contributed by atoms with van der Waals surface area (Å²) in [6.07, 6.45) is 0. The second-order valence-electron chi connectivity index (χ2n) is 43.1. The highest BCUT2D eigenvalue weighted by Gasteiger charge is 2.50. The maximum atomic E-state index is 6.26. The molecule has 0 bridgehead atoms. The average Bonchev–Trinajstić information content (AvgIpc) is 0.795. The molecule has 8 heteroatoms. The van der Waals surface area contributed by atoms with Crippen LogP contribution in [0, 0.1) is 0 Å². The van der Waals surface area contributed by atoms with Crippen LogP contribution in [-0.4, -0.2) is 29.9 Å². The standard InChI is InChI=1S/C47H35N3O.C47H41N.C41H33N3/c1-46(2)38-21-10-8-16-32(38)34-27-24-30-29-18-12-19-35(31(29)25-26-33(30)42(34)47(46,3)4)44-48-43(28-14-6-5-7-15-28)49-45(50-44)37-20-13-23-40-41(37)36-17-9-11-22-39(36)51-40;1-45(2)41-18-12-10-16-36(41)38-25-22-33(29-43(38)45)48(31-14-8-7-9-15-31)32-21-24-34-30(28-32)20-23-39-35(34)26-27-40-37-17-11-13-19-42(37)46(3,4)47(5,6)44(39)40;1-40(2)35-18-12-11-17-32(35)34-24-23-31-30-21-20-29(25-28(30)19-22-33(31)36(34)41(40,3)4)39-43-37(26-13-7-5-8-14-26)42-38(44-39)27-15-9-6-10-16-27/h5-27H,1-4H3;7-29H,1-6H3;5-25H,1-4H3. The van der Waals surface area contributed by atoms with Gasteiger partial charge in [-0.1, -0.05) is 449 Å². The molecular formula is C135H109N7O. The molecule has 8 nitrogen and oxygen atoms in total. The monoisotopic (exact) mass is 1840 g/mol. The van der Waals surface area contributed by atoms with E-state index in [0.717, 1.165) is 72.1 Å². The van der Waals surface area contributed by atoms with E-state index < -0.39 is 0 Å². The molecule has 3 heterocycles. The number of rotatable bonds is 9. The summed E-state index contributed by atoms with van der Waals surface area (Å²) in [6.45, 7) is 33.6. The molecule has 0 saturated heterocycles. The third-order valence-corrected chi connectivity index (χ3v) is 33.9. The number of aromatic nitrogens is 6. The lowest BCUT2D eigenvalue weighted by Crippen LogP contribution is -2.43. The van der Waals surface area contributed by atoms with Crippen molar-refractivity contribution >= 4 is 104 Å². The Bertz CT molecular complexity index is 9120. The van der Waals surface area contributed by atoms with Gasteiger partial charge in [0.2, 0.25) is 0 Å². The SMILES string of the molecule is CC1(C)c2ccccc2-c2ccc(N(c3ccccc3)c3ccc4c(ccc5c6c(ccc54)-c4ccccc4C(C)(C)C6(C)C)c3)cc21.CC1(C)c2ccccc2-c2ccc3c(ccc4c(-c5nc(-c6ccccc6)nc(-c6cccc7oc8ccccc8c67)n5)cccc43)c2C1(C)C.CC1(C)c2ccccc2-c2ccc3c(ccc4cc(-c5nc(-c6ccccc6)nc(-c6ccccc6)n5)ccc43)c2C1(C)C. The Labute approximate surface area is 835 Å². The highest BCUT2D eigenvalue weighted by Crippen LogP contribution is 2.61. The van der Waals surface area contributed by atoms with Gasteiger partial charge in [-0.3, -0.25) is 0 Å². The summed E-state index contributed by atoms with van der Waals surface area (Å²) in [6, 6.07) is 146. The van der Waals surface area contributed by atoms with Gasteiger partial charge in [-0.15, -0.1) is 0 Å². The fourth-order valence-corrected chi connectivity index (χ4v) is 24.4. The zero-order chi connectivity index (χ0) is 97.5. The van der Waals surface area contributed by atoms with Crippen molar-refractivity contribution in [2.75, 3.05) is 4.90 Å². The highest BCUT2D eigenvalue weighted by molar-refractivity contribution is 6.17. The van der Waals surface area contributed by atoms with Gasteiger partial charge in [0.25, 0.3) is 0 Å². The van der Waals surface area contributed by atoms with Gasteiger partial charge in [0, 0.05) is 82.9 Å². The van der Waals surface area contributed by atoms with Crippen molar-refractivity contribution in [3.63, 3.8) is 0 Å². The number of nitrogens with zero attached hydrogens (tertiary/aromatic N) is 7. The Kier molecular flexibility index (Phi) is 20.2. The second-order valence-corrected chi connectivity index (χ2v) is 43.1. The first-order chi connectivity index (χ1) is 69.2. The van der Waals surface area contributed by atoms with Gasteiger partial charge in [0.1, 0.15) is 11.2 Å². The smallest absolute Gasteiger partial charge is 0.164 e. The molecule has 23 aromatic rings. The summed E-state index contributed by atoms with van der Waals surface area (Å²) in [4.78, 5) is 32.7. The Hall–Kier alpha value is -16.4. The van der Waals surface area contributed by atoms with Gasteiger partial charge < -0.3 is 9.32 Å². The minimum atomic E-state index is -0.104. The molecule has 4 aliphatic carbocycles. The summed E-state index contributed by atoms with van der Waals surface area (Å²) in [5.41, 5.74) is 32.7. The van der Waals surface area contributed by atoms with Gasteiger partial charge >= 0.3 is 0 Å². The number of hydrogen-bond donors (Lipinski definition) is 0. The molecule has 0 radical (unpaired) electrons. The fourth-order valence-electron chi connectivity index (χ4n) is 24.4. The lowest BCUT2D eigenvalue weighted by atomic mass is 9.54. The summed E-state index contributed by atoms with van der Waals surface area (Å²) in [7, 11) is 0. The lowest BCUT2D eigenvalue weighted by molar-refractivity contribution is 0.301. The van der Waals surface area contributed by atoms with Crippen molar-refractivity contribution in [2.45, 2.75) is 135 Å². The quantitative estimate of drug-likeness (QED) is 0.132. The lowest BCUT2D eigenvalue weighted by Gasteiger charge is -2.49. The van der Waals surface area contributed by atoms with Crippen LogP contribution in [0.3, 0.4) is 0 Å². The van der Waals surface area contributed by atoms with Crippen LogP contribution in [0.4, 0.5) is 17.1 Å². The molecule has 20 aromatic carbocycles. The van der Waals surface area contributed by atoms with E-state index in [4.69, 9.17) is 34.3 Å². The molecule has 4 aliphatic rings. The molecule has 0 aliphatic heterocycles. The van der Waals surface area contributed by atoms with E-state index in [1.807, 2.05) is 109 Å². The van der Waals surface area contributed by atoms with E-state index in [1.54, 1.807) is 0 Å². The van der Waals surface area contributed by atoms with Crippen LogP contribution in [0.15, 0.2) is 411 Å². The molecule has 0 saturated carbocycles. The molecular weight excluding hydrogens is 1740 g/mol. The second kappa shape index (κ2) is 32.8. The van der Waals surface area contributed by atoms with Gasteiger partial charge in [-0.05, 0) is 224 Å². The molecule has 690 valence electrons. The number of fused-ring (bicyclic) bond motifs is 27. The minimum absolute atomic E-state index is 0.00826. The van der Waals surface area contributed by atoms with Gasteiger partial charge in [-0.25, -0.2) is 29.9 Å². The number of hydrogen-bond acceptors (Lipinski definition) is 8.